The Hall–Kier alpha value is -2.33. The van der Waals surface area contributed by atoms with E-state index in [0.717, 1.165) is 5.69 Å². The Balaban J connectivity index is 1.96. The van der Waals surface area contributed by atoms with Gasteiger partial charge in [0, 0.05) is 30.4 Å². The standard InChI is InChI=1S/C17H16ClNO3/c1-19(2)15-8-6-12(7-9-15)17(21)22-11-16(20)13-4-3-5-14(18)10-13/h3-10H,11H2,1-2H3. The lowest BCUT2D eigenvalue weighted by molar-refractivity contribution is 0.0475. The van der Waals surface area contributed by atoms with Gasteiger partial charge >= 0.3 is 5.97 Å². The van der Waals surface area contributed by atoms with Gasteiger partial charge in [-0.15, -0.1) is 0 Å². The molecule has 0 aromatic heterocycles. The minimum absolute atomic E-state index is 0.291. The van der Waals surface area contributed by atoms with Crippen molar-refractivity contribution in [3.63, 3.8) is 0 Å². The van der Waals surface area contributed by atoms with Crippen molar-refractivity contribution < 1.29 is 14.3 Å². The second kappa shape index (κ2) is 7.09. The quantitative estimate of drug-likeness (QED) is 0.626. The van der Waals surface area contributed by atoms with Gasteiger partial charge in [0.2, 0.25) is 0 Å². The number of Topliss-reactive ketones (excluding diaryl/α,β-unsaturated/α-hetero) is 1. The maximum Gasteiger partial charge on any atom is 0.338 e. The highest BCUT2D eigenvalue weighted by molar-refractivity contribution is 6.31. The fourth-order valence-corrected chi connectivity index (χ4v) is 2.05. The van der Waals surface area contributed by atoms with Crippen LogP contribution >= 0.6 is 11.6 Å². The first-order valence-corrected chi connectivity index (χ1v) is 7.08. The van der Waals surface area contributed by atoms with E-state index in [1.54, 1.807) is 36.4 Å². The van der Waals surface area contributed by atoms with Crippen LogP contribution < -0.4 is 4.90 Å². The van der Waals surface area contributed by atoms with Crippen LogP contribution in [0, 0.1) is 0 Å². The molecule has 0 N–H and O–H groups in total. The highest BCUT2D eigenvalue weighted by Crippen LogP contribution is 2.14. The maximum atomic E-state index is 11.9. The van der Waals surface area contributed by atoms with E-state index in [2.05, 4.69) is 0 Å². The number of carbonyl (C=O) groups excluding carboxylic acids is 2. The number of esters is 1. The molecule has 0 aliphatic rings. The lowest BCUT2D eigenvalue weighted by Crippen LogP contribution is -2.14. The van der Waals surface area contributed by atoms with Crippen LogP contribution in [0.25, 0.3) is 0 Å². The number of ketones is 1. The van der Waals surface area contributed by atoms with E-state index in [-0.39, 0.29) is 12.4 Å². The van der Waals surface area contributed by atoms with Crippen LogP contribution in [0.2, 0.25) is 5.02 Å². The summed E-state index contributed by atoms with van der Waals surface area (Å²) in [6, 6.07) is 13.5. The summed E-state index contributed by atoms with van der Waals surface area (Å²) in [6.45, 7) is -0.311. The van der Waals surface area contributed by atoms with Gasteiger partial charge in [-0.2, -0.15) is 0 Å². The van der Waals surface area contributed by atoms with Gasteiger partial charge < -0.3 is 9.64 Å². The van der Waals surface area contributed by atoms with Gasteiger partial charge in [-0.3, -0.25) is 4.79 Å². The first-order chi connectivity index (χ1) is 10.5. The van der Waals surface area contributed by atoms with Crippen LogP contribution in [0.1, 0.15) is 20.7 Å². The van der Waals surface area contributed by atoms with Crippen LogP contribution in [0.3, 0.4) is 0 Å². The number of benzene rings is 2. The predicted octanol–water partition coefficient (Wildman–Crippen LogP) is 3.45. The predicted molar refractivity (Wildman–Crippen MR) is 86.8 cm³/mol. The first-order valence-electron chi connectivity index (χ1n) is 6.70. The molecule has 0 amide bonds. The molecule has 4 nitrogen and oxygen atoms in total. The van der Waals surface area contributed by atoms with E-state index in [4.69, 9.17) is 16.3 Å². The monoisotopic (exact) mass is 317 g/mol. The average molecular weight is 318 g/mol. The van der Waals surface area contributed by atoms with Crippen molar-refractivity contribution in [2.24, 2.45) is 0 Å². The Morgan fingerprint density at radius 1 is 1.05 bits per heavy atom. The molecule has 2 aromatic carbocycles. The molecule has 0 saturated carbocycles. The summed E-state index contributed by atoms with van der Waals surface area (Å²) in [5.41, 5.74) is 1.80. The third kappa shape index (κ3) is 4.09. The highest BCUT2D eigenvalue weighted by atomic mass is 35.5. The Bertz CT molecular complexity index is 681. The molecule has 0 bridgehead atoms. The number of hydrogen-bond donors (Lipinski definition) is 0. The lowest BCUT2D eigenvalue weighted by atomic mass is 10.1. The summed E-state index contributed by atoms with van der Waals surface area (Å²) in [5.74, 6) is -0.818. The molecular weight excluding hydrogens is 302 g/mol. The number of ether oxygens (including phenoxy) is 1. The van der Waals surface area contributed by atoms with Crippen LogP contribution in [0.4, 0.5) is 5.69 Å². The normalized spacial score (nSPS) is 10.1. The Morgan fingerprint density at radius 3 is 2.32 bits per heavy atom. The molecule has 22 heavy (non-hydrogen) atoms. The molecule has 0 spiro atoms. The molecule has 5 heteroatoms. The van der Waals surface area contributed by atoms with E-state index < -0.39 is 5.97 Å². The maximum absolute atomic E-state index is 11.9. The van der Waals surface area contributed by atoms with Crippen LogP contribution in [0.5, 0.6) is 0 Å². The summed E-state index contributed by atoms with van der Waals surface area (Å²) in [6.07, 6.45) is 0. The third-order valence-electron chi connectivity index (χ3n) is 3.10. The smallest absolute Gasteiger partial charge is 0.338 e. The highest BCUT2D eigenvalue weighted by Gasteiger charge is 2.12. The van der Waals surface area contributed by atoms with Crippen molar-refractivity contribution in [1.29, 1.82) is 0 Å². The minimum Gasteiger partial charge on any atom is -0.454 e. The largest absolute Gasteiger partial charge is 0.454 e. The number of anilines is 1. The minimum atomic E-state index is -0.527. The summed E-state index contributed by atoms with van der Waals surface area (Å²) < 4.78 is 5.04. The van der Waals surface area contributed by atoms with Gasteiger partial charge in [0.1, 0.15) is 0 Å². The van der Waals surface area contributed by atoms with E-state index in [1.807, 2.05) is 31.1 Å². The molecular formula is C17H16ClNO3. The van der Waals surface area contributed by atoms with Crippen molar-refractivity contribution in [1.82, 2.24) is 0 Å². The zero-order valence-corrected chi connectivity index (χ0v) is 13.1. The summed E-state index contributed by atoms with van der Waals surface area (Å²) in [5, 5.41) is 0.469. The van der Waals surface area contributed by atoms with E-state index in [1.165, 1.54) is 0 Å². The van der Waals surface area contributed by atoms with Crippen LogP contribution in [-0.4, -0.2) is 32.5 Å². The fraction of sp³-hybridized carbons (Fsp3) is 0.176. The molecule has 2 rings (SSSR count). The van der Waals surface area contributed by atoms with Gasteiger partial charge in [0.05, 0.1) is 5.56 Å². The van der Waals surface area contributed by atoms with Crippen molar-refractivity contribution in [2.45, 2.75) is 0 Å². The van der Waals surface area contributed by atoms with Crippen LogP contribution in [0.15, 0.2) is 48.5 Å². The van der Waals surface area contributed by atoms with Gasteiger partial charge in [-0.1, -0.05) is 23.7 Å². The van der Waals surface area contributed by atoms with Gasteiger partial charge in [-0.25, -0.2) is 4.79 Å². The molecule has 0 unspecified atom stereocenters. The van der Waals surface area contributed by atoms with Crippen molar-refractivity contribution in [2.75, 3.05) is 25.6 Å². The van der Waals surface area contributed by atoms with Crippen molar-refractivity contribution in [3.05, 3.63) is 64.7 Å². The van der Waals surface area contributed by atoms with E-state index in [9.17, 15) is 9.59 Å². The second-order valence-corrected chi connectivity index (χ2v) is 5.39. The molecule has 0 fully saturated rings. The fourth-order valence-electron chi connectivity index (χ4n) is 1.86. The van der Waals surface area contributed by atoms with E-state index in [0.29, 0.717) is 16.1 Å². The summed E-state index contributed by atoms with van der Waals surface area (Å²) >= 11 is 5.82. The van der Waals surface area contributed by atoms with Gasteiger partial charge in [0.15, 0.2) is 12.4 Å². The zero-order valence-electron chi connectivity index (χ0n) is 12.4. The zero-order chi connectivity index (χ0) is 16.1. The summed E-state index contributed by atoms with van der Waals surface area (Å²) in [7, 11) is 3.83. The molecule has 0 aliphatic heterocycles. The van der Waals surface area contributed by atoms with Crippen molar-refractivity contribution in [3.8, 4) is 0 Å². The Morgan fingerprint density at radius 2 is 1.73 bits per heavy atom. The number of halogens is 1. The molecule has 0 atom stereocenters. The van der Waals surface area contributed by atoms with Gasteiger partial charge in [0.25, 0.3) is 0 Å². The number of hydrogen-bond acceptors (Lipinski definition) is 4. The SMILES string of the molecule is CN(C)c1ccc(C(=O)OCC(=O)c2cccc(Cl)c2)cc1. The second-order valence-electron chi connectivity index (χ2n) is 4.95. The molecule has 2 aromatic rings. The molecule has 0 saturated heterocycles. The number of nitrogens with zero attached hydrogens (tertiary/aromatic N) is 1. The summed E-state index contributed by atoms with van der Waals surface area (Å²) in [4.78, 5) is 25.8. The van der Waals surface area contributed by atoms with Crippen LogP contribution in [-0.2, 0) is 4.74 Å². The van der Waals surface area contributed by atoms with E-state index >= 15 is 0 Å². The topological polar surface area (TPSA) is 46.6 Å². The average Bonchev–Trinajstić information content (AvgIpc) is 2.52. The lowest BCUT2D eigenvalue weighted by Gasteiger charge is -2.12. The molecule has 0 radical (unpaired) electrons. The molecule has 0 aliphatic carbocycles. The first kappa shape index (κ1) is 16.0. The molecule has 0 heterocycles. The van der Waals surface area contributed by atoms with Gasteiger partial charge in [-0.05, 0) is 36.4 Å². The number of rotatable bonds is 5. The number of carbonyl (C=O) groups is 2. The Labute approximate surface area is 134 Å². The van der Waals surface area contributed by atoms with Crippen molar-refractivity contribution >= 4 is 29.0 Å². The third-order valence-corrected chi connectivity index (χ3v) is 3.34. The Kier molecular flexibility index (Phi) is 5.17. The molecule has 114 valence electrons.